The van der Waals surface area contributed by atoms with E-state index in [0.717, 1.165) is 41.0 Å². The summed E-state index contributed by atoms with van der Waals surface area (Å²) in [6.07, 6.45) is 4.69. The van der Waals surface area contributed by atoms with E-state index in [1.165, 1.54) is 6.42 Å². The van der Waals surface area contributed by atoms with Crippen LogP contribution in [0.2, 0.25) is 0 Å². The lowest BCUT2D eigenvalue weighted by Gasteiger charge is -2.11. The van der Waals surface area contributed by atoms with Crippen LogP contribution in [0, 0.1) is 0 Å². The van der Waals surface area contributed by atoms with Gasteiger partial charge in [-0.25, -0.2) is 0 Å². The van der Waals surface area contributed by atoms with Crippen molar-refractivity contribution in [2.75, 3.05) is 11.9 Å². The number of aromatic nitrogens is 2. The maximum Gasteiger partial charge on any atom is 0.228 e. The predicted octanol–water partition coefficient (Wildman–Crippen LogP) is 2.00. The normalized spacial score (nSPS) is 21.0. The second kappa shape index (κ2) is 4.45. The monoisotopic (exact) mass is 268 g/mol. The molecule has 1 unspecified atom stereocenters. The third-order valence-electron chi connectivity index (χ3n) is 4.12. The fourth-order valence-electron chi connectivity index (χ4n) is 3.12. The Morgan fingerprint density at radius 3 is 3.10 bits per heavy atom. The number of anilines is 1. The summed E-state index contributed by atoms with van der Waals surface area (Å²) in [5.74, 6) is 0.0713. The van der Waals surface area contributed by atoms with Crippen LogP contribution in [0.5, 0.6) is 0 Å². The first-order chi connectivity index (χ1) is 9.81. The molecule has 4 rings (SSSR count). The van der Waals surface area contributed by atoms with E-state index >= 15 is 0 Å². The summed E-state index contributed by atoms with van der Waals surface area (Å²) in [4.78, 5) is 11.4. The predicted molar refractivity (Wildman–Crippen MR) is 76.3 cm³/mol. The second-order valence-electron chi connectivity index (χ2n) is 5.44. The van der Waals surface area contributed by atoms with Crippen LogP contribution in [0.25, 0.3) is 11.1 Å². The van der Waals surface area contributed by atoms with E-state index in [2.05, 4.69) is 26.9 Å². The zero-order valence-corrected chi connectivity index (χ0v) is 11.1. The lowest BCUT2D eigenvalue weighted by Crippen LogP contribution is -2.14. The van der Waals surface area contributed by atoms with E-state index in [0.29, 0.717) is 12.5 Å². The van der Waals surface area contributed by atoms with Crippen molar-refractivity contribution in [1.82, 2.24) is 15.5 Å². The third-order valence-corrected chi connectivity index (χ3v) is 4.12. The van der Waals surface area contributed by atoms with Gasteiger partial charge in [0.25, 0.3) is 0 Å². The van der Waals surface area contributed by atoms with Gasteiger partial charge in [0.2, 0.25) is 5.91 Å². The zero-order chi connectivity index (χ0) is 13.5. The Labute approximate surface area is 116 Å². The fraction of sp³-hybridized carbons (Fsp3) is 0.333. The molecule has 1 aromatic carbocycles. The van der Waals surface area contributed by atoms with Gasteiger partial charge in [0, 0.05) is 17.3 Å². The fourth-order valence-corrected chi connectivity index (χ4v) is 3.12. The number of nitrogens with one attached hydrogen (secondary N) is 3. The second-order valence-corrected chi connectivity index (χ2v) is 5.44. The molecule has 0 bridgehead atoms. The molecule has 1 saturated heterocycles. The Morgan fingerprint density at radius 1 is 1.30 bits per heavy atom. The minimum Gasteiger partial charge on any atom is -0.326 e. The number of fused-ring (bicyclic) bond motifs is 1. The van der Waals surface area contributed by atoms with E-state index in [-0.39, 0.29) is 5.91 Å². The third kappa shape index (κ3) is 1.82. The maximum atomic E-state index is 11.4. The molecule has 2 aromatic rings. The number of carbonyl (C=O) groups excluding carboxylic acids is 1. The number of hydrogen-bond donors (Lipinski definition) is 3. The van der Waals surface area contributed by atoms with Crippen molar-refractivity contribution in [3.63, 3.8) is 0 Å². The van der Waals surface area contributed by atoms with Crippen LogP contribution in [0.4, 0.5) is 5.69 Å². The van der Waals surface area contributed by atoms with Crippen molar-refractivity contribution in [1.29, 1.82) is 0 Å². The lowest BCUT2D eigenvalue weighted by atomic mass is 9.99. The highest BCUT2D eigenvalue weighted by Gasteiger charge is 2.23. The van der Waals surface area contributed by atoms with Gasteiger partial charge in [-0.1, -0.05) is 6.07 Å². The number of nitrogens with zero attached hydrogens (tertiary/aromatic N) is 1. The number of amides is 1. The molecule has 1 fully saturated rings. The average molecular weight is 268 g/mol. The highest BCUT2D eigenvalue weighted by Crippen LogP contribution is 2.34. The van der Waals surface area contributed by atoms with E-state index < -0.39 is 0 Å². The Kier molecular flexibility index (Phi) is 2.60. The van der Waals surface area contributed by atoms with Crippen molar-refractivity contribution in [3.8, 4) is 11.1 Å². The van der Waals surface area contributed by atoms with Crippen LogP contribution in [0.3, 0.4) is 0 Å². The summed E-state index contributed by atoms with van der Waals surface area (Å²) >= 11 is 0. The molecule has 3 N–H and O–H groups in total. The molecule has 20 heavy (non-hydrogen) atoms. The standard InChI is InChI=1S/C15H16N4O/c20-14-7-10-6-9(3-4-12(10)18-14)11-8-17-19-15(11)13-2-1-5-16-13/h3-4,6,8,13,16H,1-2,5,7H2,(H,17,19)(H,18,20). The van der Waals surface area contributed by atoms with Crippen molar-refractivity contribution in [2.45, 2.75) is 25.3 Å². The summed E-state index contributed by atoms with van der Waals surface area (Å²) in [6.45, 7) is 1.06. The molecule has 5 nitrogen and oxygen atoms in total. The minimum atomic E-state index is 0.0713. The van der Waals surface area contributed by atoms with Crippen LogP contribution in [-0.4, -0.2) is 22.6 Å². The molecule has 0 saturated carbocycles. The highest BCUT2D eigenvalue weighted by atomic mass is 16.1. The van der Waals surface area contributed by atoms with Crippen molar-refractivity contribution >= 4 is 11.6 Å². The average Bonchev–Trinajstić information content (AvgIpc) is 3.16. The molecule has 1 atom stereocenters. The first kappa shape index (κ1) is 11.7. The summed E-state index contributed by atoms with van der Waals surface area (Å²) in [5.41, 5.74) is 5.41. The van der Waals surface area contributed by atoms with E-state index in [1.54, 1.807) is 0 Å². The number of benzene rings is 1. The summed E-state index contributed by atoms with van der Waals surface area (Å²) < 4.78 is 0. The van der Waals surface area contributed by atoms with Crippen molar-refractivity contribution in [2.24, 2.45) is 0 Å². The van der Waals surface area contributed by atoms with E-state index in [9.17, 15) is 4.79 Å². The van der Waals surface area contributed by atoms with Gasteiger partial charge in [-0.05, 0) is 42.6 Å². The quantitative estimate of drug-likeness (QED) is 0.780. The molecule has 5 heteroatoms. The van der Waals surface area contributed by atoms with Crippen molar-refractivity contribution < 1.29 is 4.79 Å². The first-order valence-corrected chi connectivity index (χ1v) is 7.01. The molecule has 2 aliphatic rings. The first-order valence-electron chi connectivity index (χ1n) is 7.01. The molecule has 102 valence electrons. The lowest BCUT2D eigenvalue weighted by molar-refractivity contribution is -0.115. The Hall–Kier alpha value is -2.14. The highest BCUT2D eigenvalue weighted by molar-refractivity contribution is 5.99. The van der Waals surface area contributed by atoms with E-state index in [4.69, 9.17) is 0 Å². The summed E-state index contributed by atoms with van der Waals surface area (Å²) in [6, 6.07) is 6.49. The Bertz CT molecular complexity index is 670. The van der Waals surface area contributed by atoms with Gasteiger partial charge in [-0.15, -0.1) is 0 Å². The molecular formula is C15H16N4O. The molecule has 1 aromatic heterocycles. The molecule has 0 spiro atoms. The van der Waals surface area contributed by atoms with Gasteiger partial charge in [0.15, 0.2) is 0 Å². The molecule has 1 amide bonds. The van der Waals surface area contributed by atoms with Crippen molar-refractivity contribution in [3.05, 3.63) is 35.7 Å². The van der Waals surface area contributed by atoms with Gasteiger partial charge in [-0.2, -0.15) is 5.10 Å². The molecule has 0 radical (unpaired) electrons. The number of H-pyrrole nitrogens is 1. The van der Waals surface area contributed by atoms with Gasteiger partial charge in [-0.3, -0.25) is 9.89 Å². The molecular weight excluding hydrogens is 252 g/mol. The number of carbonyl (C=O) groups is 1. The van der Waals surface area contributed by atoms with Crippen LogP contribution < -0.4 is 10.6 Å². The van der Waals surface area contributed by atoms with E-state index in [1.807, 2.05) is 18.3 Å². The number of aromatic amines is 1. The summed E-state index contributed by atoms with van der Waals surface area (Å²) in [7, 11) is 0. The topological polar surface area (TPSA) is 69.8 Å². The largest absolute Gasteiger partial charge is 0.326 e. The van der Waals surface area contributed by atoms with Crippen LogP contribution in [-0.2, 0) is 11.2 Å². The molecule has 0 aliphatic carbocycles. The van der Waals surface area contributed by atoms with Gasteiger partial charge in [0.05, 0.1) is 18.3 Å². The maximum absolute atomic E-state index is 11.4. The Morgan fingerprint density at radius 2 is 2.25 bits per heavy atom. The number of rotatable bonds is 2. The Balaban J connectivity index is 1.73. The zero-order valence-electron chi connectivity index (χ0n) is 11.1. The van der Waals surface area contributed by atoms with Crippen LogP contribution >= 0.6 is 0 Å². The SMILES string of the molecule is O=C1Cc2cc(-c3cn[nH]c3C3CCCN3)ccc2N1. The minimum absolute atomic E-state index is 0.0713. The summed E-state index contributed by atoms with van der Waals surface area (Å²) in [5, 5.41) is 13.7. The van der Waals surface area contributed by atoms with Crippen LogP contribution in [0.1, 0.15) is 30.1 Å². The molecule has 2 aliphatic heterocycles. The van der Waals surface area contributed by atoms with Crippen LogP contribution in [0.15, 0.2) is 24.4 Å². The smallest absolute Gasteiger partial charge is 0.228 e. The molecule has 3 heterocycles. The van der Waals surface area contributed by atoms with Gasteiger partial charge in [0.1, 0.15) is 0 Å². The van der Waals surface area contributed by atoms with Gasteiger partial charge >= 0.3 is 0 Å². The number of hydrogen-bond acceptors (Lipinski definition) is 3. The van der Waals surface area contributed by atoms with Gasteiger partial charge < -0.3 is 10.6 Å².